The van der Waals surface area contributed by atoms with Gasteiger partial charge in [0.2, 0.25) is 0 Å². The molecule has 2 aromatic rings. The van der Waals surface area contributed by atoms with Crippen molar-refractivity contribution in [2.75, 3.05) is 16.8 Å². The fraction of sp³-hybridized carbons (Fsp3) is 0.429. The number of hydrogen-bond donors (Lipinski definition) is 2. The molecule has 1 aliphatic heterocycles. The Bertz CT molecular complexity index is 1110. The Kier molecular flexibility index (Phi) is 6.12. The number of fused-ring (bicyclic) bond motifs is 1. The SMILES string of the molecule is CCNC(=S)N1c2ccccc2NC2=C(C(=O)CC(C)(C)C2)[C@@H]1c1ccc(C(C)(C)C)cc1. The molecule has 0 amide bonds. The van der Waals surface area contributed by atoms with Crippen LogP contribution in [-0.2, 0) is 10.2 Å². The number of rotatable bonds is 2. The highest BCUT2D eigenvalue weighted by Gasteiger charge is 2.42. The molecule has 1 aliphatic carbocycles. The Labute approximate surface area is 203 Å². The Morgan fingerprint density at radius 1 is 1.12 bits per heavy atom. The van der Waals surface area contributed by atoms with Gasteiger partial charge in [-0.15, -0.1) is 0 Å². The number of carbonyl (C=O) groups excluding carboxylic acids is 1. The lowest BCUT2D eigenvalue weighted by Crippen LogP contribution is -2.44. The summed E-state index contributed by atoms with van der Waals surface area (Å²) >= 11 is 5.90. The van der Waals surface area contributed by atoms with Gasteiger partial charge in [-0.3, -0.25) is 4.79 Å². The highest BCUT2D eigenvalue weighted by molar-refractivity contribution is 7.80. The van der Waals surface area contributed by atoms with E-state index in [-0.39, 0.29) is 22.7 Å². The lowest BCUT2D eigenvalue weighted by molar-refractivity contribution is -0.118. The lowest BCUT2D eigenvalue weighted by atomic mass is 9.73. The quantitative estimate of drug-likeness (QED) is 0.500. The van der Waals surface area contributed by atoms with Crippen LogP contribution in [0.4, 0.5) is 11.4 Å². The summed E-state index contributed by atoms with van der Waals surface area (Å²) in [6.07, 6.45) is 1.35. The highest BCUT2D eigenvalue weighted by atomic mass is 32.1. The molecule has 1 heterocycles. The largest absolute Gasteiger partial charge is 0.363 e. The smallest absolute Gasteiger partial charge is 0.174 e. The van der Waals surface area contributed by atoms with E-state index < -0.39 is 0 Å². The number of nitrogens with zero attached hydrogens (tertiary/aromatic N) is 1. The fourth-order valence-electron chi connectivity index (χ4n) is 4.93. The van der Waals surface area contributed by atoms with E-state index in [1.54, 1.807) is 0 Å². The first-order chi connectivity index (χ1) is 15.5. The summed E-state index contributed by atoms with van der Waals surface area (Å²) in [7, 11) is 0. The maximum atomic E-state index is 13.7. The van der Waals surface area contributed by atoms with Crippen LogP contribution in [0.3, 0.4) is 0 Å². The van der Waals surface area contributed by atoms with Crippen LogP contribution in [0.2, 0.25) is 0 Å². The number of anilines is 2. The van der Waals surface area contributed by atoms with Gasteiger partial charge in [-0.2, -0.15) is 0 Å². The van der Waals surface area contributed by atoms with Crippen LogP contribution in [-0.4, -0.2) is 17.4 Å². The minimum atomic E-state index is -0.291. The maximum absolute atomic E-state index is 13.7. The zero-order valence-corrected chi connectivity index (χ0v) is 21.4. The van der Waals surface area contributed by atoms with Gasteiger partial charge in [0.15, 0.2) is 10.9 Å². The van der Waals surface area contributed by atoms with Gasteiger partial charge >= 0.3 is 0 Å². The van der Waals surface area contributed by atoms with Crippen LogP contribution in [0, 0.1) is 5.41 Å². The molecule has 2 aromatic carbocycles. The van der Waals surface area contributed by atoms with Crippen molar-refractivity contribution in [2.45, 2.75) is 65.8 Å². The molecule has 4 nitrogen and oxygen atoms in total. The summed E-state index contributed by atoms with van der Waals surface area (Å²) in [6.45, 7) is 13.7. The van der Waals surface area contributed by atoms with Gasteiger partial charge in [0.05, 0.1) is 17.4 Å². The number of benzene rings is 2. The van der Waals surface area contributed by atoms with Crippen LogP contribution >= 0.6 is 12.2 Å². The fourth-order valence-corrected chi connectivity index (χ4v) is 5.28. The Morgan fingerprint density at radius 3 is 2.42 bits per heavy atom. The molecule has 0 radical (unpaired) electrons. The van der Waals surface area contributed by atoms with E-state index in [0.29, 0.717) is 18.1 Å². The van der Waals surface area contributed by atoms with Crippen LogP contribution in [0.15, 0.2) is 59.8 Å². The predicted octanol–water partition coefficient (Wildman–Crippen LogP) is 6.49. The minimum absolute atomic E-state index is 0.0595. The van der Waals surface area contributed by atoms with E-state index in [4.69, 9.17) is 12.2 Å². The highest BCUT2D eigenvalue weighted by Crippen LogP contribution is 2.48. The number of thiocarbonyl (C=S) groups is 1. The summed E-state index contributed by atoms with van der Waals surface area (Å²) in [5.41, 5.74) is 6.11. The van der Waals surface area contributed by atoms with E-state index in [1.165, 1.54) is 5.56 Å². The van der Waals surface area contributed by atoms with Gasteiger partial charge in [-0.1, -0.05) is 71.0 Å². The summed E-state index contributed by atoms with van der Waals surface area (Å²) < 4.78 is 0. The van der Waals surface area contributed by atoms with Crippen molar-refractivity contribution in [3.8, 4) is 0 Å². The van der Waals surface area contributed by atoms with E-state index in [9.17, 15) is 4.79 Å². The molecule has 2 N–H and O–H groups in total. The van der Waals surface area contributed by atoms with Crippen molar-refractivity contribution in [3.63, 3.8) is 0 Å². The number of allylic oxidation sites excluding steroid dienone is 1. The Morgan fingerprint density at radius 2 is 1.79 bits per heavy atom. The van der Waals surface area contributed by atoms with Crippen molar-refractivity contribution in [2.24, 2.45) is 5.41 Å². The second-order valence-electron chi connectivity index (χ2n) is 11.0. The molecular weight excluding hydrogens is 426 g/mol. The number of ketones is 1. The molecule has 0 bridgehead atoms. The summed E-state index contributed by atoms with van der Waals surface area (Å²) in [5, 5.41) is 7.61. The van der Waals surface area contributed by atoms with Gasteiger partial charge in [0.25, 0.3) is 0 Å². The van der Waals surface area contributed by atoms with Gasteiger partial charge < -0.3 is 15.5 Å². The average molecular weight is 462 g/mol. The topological polar surface area (TPSA) is 44.4 Å². The van der Waals surface area contributed by atoms with Gasteiger partial charge in [0.1, 0.15) is 0 Å². The number of carbonyl (C=O) groups is 1. The Hall–Kier alpha value is -2.66. The average Bonchev–Trinajstić information content (AvgIpc) is 2.86. The maximum Gasteiger partial charge on any atom is 0.174 e. The first-order valence-electron chi connectivity index (χ1n) is 11.8. The summed E-state index contributed by atoms with van der Waals surface area (Å²) in [6, 6.07) is 16.6. The molecule has 174 valence electrons. The molecule has 33 heavy (non-hydrogen) atoms. The summed E-state index contributed by atoms with van der Waals surface area (Å²) in [4.78, 5) is 15.8. The third-order valence-corrected chi connectivity index (χ3v) is 6.88. The zero-order chi connectivity index (χ0) is 24.0. The molecule has 0 fully saturated rings. The normalized spacial score (nSPS) is 19.9. The molecule has 4 rings (SSSR count). The standard InChI is InChI=1S/C28H35N3OS/c1-7-29-26(33)31-22-11-9-8-10-20(22)30-21-16-28(5,6)17-23(32)24(21)25(31)18-12-14-19(15-13-18)27(2,3)4/h8-15,25,30H,7,16-17H2,1-6H3,(H,29,33)/t25-/m0/s1. The third kappa shape index (κ3) is 4.56. The van der Waals surface area contributed by atoms with Crippen LogP contribution in [0.25, 0.3) is 0 Å². The molecular formula is C28H35N3OS. The third-order valence-electron chi connectivity index (χ3n) is 6.54. The first-order valence-corrected chi connectivity index (χ1v) is 12.2. The van der Waals surface area contributed by atoms with Crippen molar-refractivity contribution >= 4 is 34.5 Å². The van der Waals surface area contributed by atoms with E-state index >= 15 is 0 Å². The lowest BCUT2D eigenvalue weighted by Gasteiger charge is -2.38. The molecule has 2 aliphatic rings. The van der Waals surface area contributed by atoms with E-state index in [1.807, 2.05) is 19.1 Å². The molecule has 5 heteroatoms. The number of para-hydroxylation sites is 2. The molecule has 0 aromatic heterocycles. The zero-order valence-electron chi connectivity index (χ0n) is 20.6. The molecule has 0 spiro atoms. The summed E-state index contributed by atoms with van der Waals surface area (Å²) in [5.74, 6) is 0.191. The van der Waals surface area contributed by atoms with E-state index in [2.05, 4.69) is 86.6 Å². The van der Waals surface area contributed by atoms with Crippen LogP contribution < -0.4 is 15.5 Å². The molecule has 0 saturated carbocycles. The predicted molar refractivity (Wildman–Crippen MR) is 142 cm³/mol. The van der Waals surface area contributed by atoms with Crippen LogP contribution in [0.1, 0.15) is 71.6 Å². The van der Waals surface area contributed by atoms with Crippen LogP contribution in [0.5, 0.6) is 0 Å². The van der Waals surface area contributed by atoms with Gasteiger partial charge in [-0.05, 0) is 59.7 Å². The number of Topliss-reactive ketones (excluding diaryl/α,β-unsaturated/α-hetero) is 1. The van der Waals surface area contributed by atoms with E-state index in [0.717, 1.165) is 34.6 Å². The minimum Gasteiger partial charge on any atom is -0.363 e. The van der Waals surface area contributed by atoms with Gasteiger partial charge in [0, 0.05) is 24.2 Å². The van der Waals surface area contributed by atoms with Crippen molar-refractivity contribution in [1.29, 1.82) is 0 Å². The second kappa shape index (κ2) is 8.60. The van der Waals surface area contributed by atoms with Gasteiger partial charge in [-0.25, -0.2) is 0 Å². The van der Waals surface area contributed by atoms with Crippen molar-refractivity contribution in [1.82, 2.24) is 5.32 Å². The number of hydrogen-bond acceptors (Lipinski definition) is 3. The molecule has 0 unspecified atom stereocenters. The molecule has 0 saturated heterocycles. The first kappa shape index (κ1) is 23.5. The van der Waals surface area contributed by atoms with Crippen molar-refractivity contribution in [3.05, 3.63) is 70.9 Å². The monoisotopic (exact) mass is 461 g/mol. The molecule has 1 atom stereocenters. The Balaban J connectivity index is 1.96. The second-order valence-corrected chi connectivity index (χ2v) is 11.3. The van der Waals surface area contributed by atoms with Crippen molar-refractivity contribution < 1.29 is 4.79 Å². The number of nitrogens with one attached hydrogen (secondary N) is 2.